The van der Waals surface area contributed by atoms with Gasteiger partial charge in [0.2, 0.25) is 0 Å². The molecule has 0 saturated heterocycles. The fraction of sp³-hybridized carbons (Fsp3) is 0.545. The first-order valence-corrected chi connectivity index (χ1v) is 4.83. The van der Waals surface area contributed by atoms with Gasteiger partial charge in [0, 0.05) is 13.5 Å². The van der Waals surface area contributed by atoms with E-state index in [0.717, 1.165) is 0 Å². The first kappa shape index (κ1) is 12.7. The predicted octanol–water partition coefficient (Wildman–Crippen LogP) is 1.31. The van der Waals surface area contributed by atoms with Crippen molar-refractivity contribution >= 4 is 6.29 Å². The summed E-state index contributed by atoms with van der Waals surface area (Å²) in [4.78, 5) is 10.8. The lowest BCUT2D eigenvalue weighted by molar-refractivity contribution is -0.108. The van der Waals surface area contributed by atoms with Crippen molar-refractivity contribution in [1.29, 1.82) is 0 Å². The van der Waals surface area contributed by atoms with Crippen LogP contribution in [0.25, 0.3) is 0 Å². The summed E-state index contributed by atoms with van der Waals surface area (Å²) in [7, 11) is 2.97. The quantitative estimate of drug-likeness (QED) is 0.567. The largest absolute Gasteiger partial charge is 0.507 e. The highest BCUT2D eigenvalue weighted by Gasteiger charge is 2.32. The number of carbonyl (C=O) groups excluding carboxylic acids is 1. The van der Waals surface area contributed by atoms with Gasteiger partial charge in [-0.2, -0.15) is 0 Å². The van der Waals surface area contributed by atoms with Crippen molar-refractivity contribution in [2.24, 2.45) is 0 Å². The van der Waals surface area contributed by atoms with Crippen molar-refractivity contribution < 1.29 is 24.1 Å². The molecule has 1 aliphatic carbocycles. The molecule has 0 aromatic heterocycles. The number of rotatable bonds is 5. The van der Waals surface area contributed by atoms with Gasteiger partial charge in [-0.3, -0.25) is 4.79 Å². The molecule has 0 amide bonds. The molecule has 0 heterocycles. The topological polar surface area (TPSA) is 65.0 Å². The Labute approximate surface area is 94.3 Å². The van der Waals surface area contributed by atoms with E-state index in [-0.39, 0.29) is 18.1 Å². The number of aliphatic hydroxyl groups is 1. The summed E-state index contributed by atoms with van der Waals surface area (Å²) in [6, 6.07) is 0. The summed E-state index contributed by atoms with van der Waals surface area (Å²) in [6.45, 7) is 1.89. The third kappa shape index (κ3) is 2.62. The van der Waals surface area contributed by atoms with Gasteiger partial charge in [0.1, 0.15) is 18.3 Å². The number of hydrogen-bond donors (Lipinski definition) is 1. The molecule has 1 aliphatic rings. The molecule has 0 spiro atoms. The third-order valence-corrected chi connectivity index (χ3v) is 2.40. The molecular formula is C11H16O5. The van der Waals surface area contributed by atoms with E-state index in [2.05, 4.69) is 0 Å². The lowest BCUT2D eigenvalue weighted by Gasteiger charge is -2.30. The van der Waals surface area contributed by atoms with Crippen molar-refractivity contribution in [2.45, 2.75) is 18.9 Å². The van der Waals surface area contributed by atoms with Crippen molar-refractivity contribution in [1.82, 2.24) is 0 Å². The molecule has 1 atom stereocenters. The Bertz CT molecular complexity index is 331. The number of aldehydes is 1. The molecule has 0 saturated carbocycles. The van der Waals surface area contributed by atoms with Crippen LogP contribution in [-0.2, 0) is 19.0 Å². The molecule has 1 rings (SSSR count). The fourth-order valence-corrected chi connectivity index (χ4v) is 1.57. The maximum absolute atomic E-state index is 10.8. The van der Waals surface area contributed by atoms with Crippen LogP contribution in [0.3, 0.4) is 0 Å². The van der Waals surface area contributed by atoms with Crippen LogP contribution in [0.1, 0.15) is 13.3 Å². The van der Waals surface area contributed by atoms with Crippen molar-refractivity contribution in [2.75, 3.05) is 21.0 Å². The van der Waals surface area contributed by atoms with Crippen molar-refractivity contribution in [3.8, 4) is 0 Å². The Morgan fingerprint density at radius 2 is 2.25 bits per heavy atom. The van der Waals surface area contributed by atoms with E-state index in [1.165, 1.54) is 20.3 Å². The highest BCUT2D eigenvalue weighted by Crippen LogP contribution is 2.32. The second-order valence-corrected chi connectivity index (χ2v) is 3.73. The highest BCUT2D eigenvalue weighted by atomic mass is 16.7. The molecule has 16 heavy (non-hydrogen) atoms. The van der Waals surface area contributed by atoms with Crippen LogP contribution < -0.4 is 0 Å². The van der Waals surface area contributed by atoms with E-state index in [1.807, 2.05) is 0 Å². The normalized spacial score (nSPS) is 25.3. The number of aliphatic hydroxyl groups excluding tert-OH is 1. The van der Waals surface area contributed by atoms with Crippen LogP contribution in [0.4, 0.5) is 0 Å². The third-order valence-electron chi connectivity index (χ3n) is 2.40. The standard InChI is InChI=1S/C11H16O5/c1-11(16-7-14-2)4-9(13)8(6-12)10(5-11)15-3/h4,6,13H,5,7H2,1-3H3. The van der Waals surface area contributed by atoms with E-state index >= 15 is 0 Å². The molecule has 0 aromatic rings. The van der Waals surface area contributed by atoms with E-state index in [4.69, 9.17) is 14.2 Å². The molecule has 0 aromatic carbocycles. The number of allylic oxidation sites excluding steroid dienone is 1. The first-order valence-electron chi connectivity index (χ1n) is 4.83. The average molecular weight is 228 g/mol. The van der Waals surface area contributed by atoms with Gasteiger partial charge in [-0.15, -0.1) is 0 Å². The van der Waals surface area contributed by atoms with Crippen LogP contribution >= 0.6 is 0 Å². The lowest BCUT2D eigenvalue weighted by Crippen LogP contribution is -2.32. The van der Waals surface area contributed by atoms with Gasteiger partial charge in [0.05, 0.1) is 18.3 Å². The molecule has 1 N–H and O–H groups in total. The first-order chi connectivity index (χ1) is 7.56. The van der Waals surface area contributed by atoms with Gasteiger partial charge in [0.15, 0.2) is 6.29 Å². The molecule has 90 valence electrons. The summed E-state index contributed by atoms with van der Waals surface area (Å²) in [5, 5.41) is 9.68. The molecule has 0 fully saturated rings. The van der Waals surface area contributed by atoms with Crippen LogP contribution in [0.2, 0.25) is 0 Å². The number of methoxy groups -OCH3 is 2. The monoisotopic (exact) mass is 228 g/mol. The average Bonchev–Trinajstić information content (AvgIpc) is 2.25. The van der Waals surface area contributed by atoms with Gasteiger partial charge in [-0.25, -0.2) is 0 Å². The molecule has 0 aliphatic heterocycles. The molecule has 1 unspecified atom stereocenters. The molecule has 5 heteroatoms. The van der Waals surface area contributed by atoms with Crippen LogP contribution in [0, 0.1) is 0 Å². The van der Waals surface area contributed by atoms with Gasteiger partial charge in [0.25, 0.3) is 0 Å². The maximum Gasteiger partial charge on any atom is 0.157 e. The second kappa shape index (κ2) is 5.14. The number of ether oxygens (including phenoxy) is 3. The summed E-state index contributed by atoms with van der Waals surface area (Å²) in [6.07, 6.45) is 2.43. The van der Waals surface area contributed by atoms with E-state index in [1.54, 1.807) is 6.92 Å². The number of carbonyl (C=O) groups is 1. The minimum absolute atomic E-state index is 0.105. The van der Waals surface area contributed by atoms with Gasteiger partial charge in [-0.05, 0) is 13.0 Å². The zero-order valence-corrected chi connectivity index (χ0v) is 9.65. The minimum atomic E-state index is -0.724. The lowest BCUT2D eigenvalue weighted by atomic mass is 9.91. The smallest absolute Gasteiger partial charge is 0.157 e. The Balaban J connectivity index is 2.93. The van der Waals surface area contributed by atoms with Crippen LogP contribution in [0.15, 0.2) is 23.2 Å². The van der Waals surface area contributed by atoms with E-state index < -0.39 is 5.60 Å². The Kier molecular flexibility index (Phi) is 4.09. The zero-order chi connectivity index (χ0) is 12.2. The zero-order valence-electron chi connectivity index (χ0n) is 9.65. The van der Waals surface area contributed by atoms with Crippen LogP contribution in [0.5, 0.6) is 0 Å². The summed E-state index contributed by atoms with van der Waals surface area (Å²) in [5.41, 5.74) is -0.557. The van der Waals surface area contributed by atoms with Crippen molar-refractivity contribution in [3.05, 3.63) is 23.2 Å². The molecule has 0 bridgehead atoms. The van der Waals surface area contributed by atoms with Crippen molar-refractivity contribution in [3.63, 3.8) is 0 Å². The molecule has 5 nitrogen and oxygen atoms in total. The van der Waals surface area contributed by atoms with Crippen LogP contribution in [-0.4, -0.2) is 38.0 Å². The summed E-state index contributed by atoms with van der Waals surface area (Å²) >= 11 is 0. The Morgan fingerprint density at radius 3 is 2.75 bits per heavy atom. The number of hydrogen-bond acceptors (Lipinski definition) is 5. The Hall–Kier alpha value is -1.33. The van der Waals surface area contributed by atoms with Gasteiger partial charge in [-0.1, -0.05) is 0 Å². The highest BCUT2D eigenvalue weighted by molar-refractivity contribution is 5.80. The summed E-state index contributed by atoms with van der Waals surface area (Å²) in [5.74, 6) is 0.283. The molecule has 0 radical (unpaired) electrons. The SMILES string of the molecule is COCOC1(C)C=C(O)C(C=O)=C(OC)C1. The van der Waals surface area contributed by atoms with Gasteiger partial charge >= 0.3 is 0 Å². The Morgan fingerprint density at radius 1 is 1.56 bits per heavy atom. The van der Waals surface area contributed by atoms with E-state index in [9.17, 15) is 9.90 Å². The predicted molar refractivity (Wildman–Crippen MR) is 56.8 cm³/mol. The maximum atomic E-state index is 10.8. The van der Waals surface area contributed by atoms with Gasteiger partial charge < -0.3 is 19.3 Å². The minimum Gasteiger partial charge on any atom is -0.507 e. The van der Waals surface area contributed by atoms with E-state index in [0.29, 0.717) is 18.5 Å². The summed E-state index contributed by atoms with van der Waals surface area (Å²) < 4.78 is 15.3. The fourth-order valence-electron chi connectivity index (χ4n) is 1.57. The second-order valence-electron chi connectivity index (χ2n) is 3.73. The molecular weight excluding hydrogens is 212 g/mol.